The van der Waals surface area contributed by atoms with E-state index in [0.29, 0.717) is 22.6 Å². The summed E-state index contributed by atoms with van der Waals surface area (Å²) in [5.74, 6) is 1.47. The van der Waals surface area contributed by atoms with Crippen LogP contribution in [-0.2, 0) is 11.8 Å². The molecule has 2 aliphatic rings. The molecular weight excluding hydrogens is 382 g/mol. The Kier molecular flexibility index (Phi) is 4.17. The number of esters is 1. The molecule has 2 heterocycles. The van der Waals surface area contributed by atoms with Gasteiger partial charge in [-0.05, 0) is 56.2 Å². The number of carbonyl (C=O) groups excluding carboxylic acids is 2. The molecule has 30 heavy (non-hydrogen) atoms. The first kappa shape index (κ1) is 18.5. The zero-order valence-corrected chi connectivity index (χ0v) is 17.0. The van der Waals surface area contributed by atoms with E-state index in [1.165, 1.54) is 0 Å². The first-order chi connectivity index (χ1) is 14.5. The molecule has 0 N–H and O–H groups in total. The molecule has 1 aliphatic heterocycles. The standard InChI is InChI=1S/C24H21NO5/c1-13-20(30-24(27)14-4-5-14)9-7-17-22(26)21(29-23(13)17)10-15-12-25(2)19-8-6-16(28-3)11-18(15)19/h6-12,14H,4-5H2,1-3H3/b21-10+. The normalized spacial score (nSPS) is 16.6. The molecule has 0 saturated heterocycles. The summed E-state index contributed by atoms with van der Waals surface area (Å²) in [6.07, 6.45) is 5.45. The van der Waals surface area contributed by atoms with Gasteiger partial charge in [0.25, 0.3) is 0 Å². The summed E-state index contributed by atoms with van der Waals surface area (Å²) >= 11 is 0. The van der Waals surface area contributed by atoms with Gasteiger partial charge in [-0.2, -0.15) is 0 Å². The molecule has 0 bridgehead atoms. The molecule has 152 valence electrons. The van der Waals surface area contributed by atoms with Crippen molar-refractivity contribution in [3.05, 3.63) is 59.0 Å². The first-order valence-electron chi connectivity index (χ1n) is 9.89. The van der Waals surface area contributed by atoms with Crippen LogP contribution in [0.15, 0.2) is 42.3 Å². The molecule has 1 fully saturated rings. The van der Waals surface area contributed by atoms with Crippen LogP contribution in [0.1, 0.15) is 34.3 Å². The van der Waals surface area contributed by atoms with Gasteiger partial charge in [-0.25, -0.2) is 0 Å². The molecule has 2 aromatic carbocycles. The zero-order valence-electron chi connectivity index (χ0n) is 17.0. The number of nitrogens with zero attached hydrogens (tertiary/aromatic N) is 1. The number of aryl methyl sites for hydroxylation is 1. The second kappa shape index (κ2) is 6.76. The van der Waals surface area contributed by atoms with Crippen LogP contribution >= 0.6 is 0 Å². The molecule has 6 heteroatoms. The van der Waals surface area contributed by atoms with E-state index >= 15 is 0 Å². The highest BCUT2D eigenvalue weighted by Gasteiger charge is 2.34. The number of carbonyl (C=O) groups is 2. The maximum atomic E-state index is 12.9. The second-order valence-corrected chi connectivity index (χ2v) is 7.78. The fourth-order valence-corrected chi connectivity index (χ4v) is 3.77. The summed E-state index contributed by atoms with van der Waals surface area (Å²) in [6.45, 7) is 1.80. The molecule has 1 aliphatic carbocycles. The SMILES string of the molecule is COc1ccc2c(c1)c(/C=C1/Oc3c(ccc(OC(=O)C4CC4)c3C)C1=O)cn2C. The number of hydrogen-bond donors (Lipinski definition) is 0. The number of Topliss-reactive ketones (excluding diaryl/α,β-unsaturated/α-hetero) is 1. The average Bonchev–Trinajstić information content (AvgIpc) is 3.49. The van der Waals surface area contributed by atoms with Crippen molar-refractivity contribution in [1.29, 1.82) is 0 Å². The van der Waals surface area contributed by atoms with E-state index in [9.17, 15) is 9.59 Å². The Bertz CT molecular complexity index is 1250. The van der Waals surface area contributed by atoms with Crippen molar-refractivity contribution in [2.24, 2.45) is 13.0 Å². The predicted molar refractivity (Wildman–Crippen MR) is 112 cm³/mol. The lowest BCUT2D eigenvalue weighted by molar-refractivity contribution is -0.135. The smallest absolute Gasteiger partial charge is 0.314 e. The van der Waals surface area contributed by atoms with E-state index in [1.54, 1.807) is 32.2 Å². The van der Waals surface area contributed by atoms with Crippen molar-refractivity contribution in [3.63, 3.8) is 0 Å². The highest BCUT2D eigenvalue weighted by Crippen LogP contribution is 2.41. The predicted octanol–water partition coefficient (Wildman–Crippen LogP) is 4.43. The van der Waals surface area contributed by atoms with Crippen LogP contribution in [0.4, 0.5) is 0 Å². The van der Waals surface area contributed by atoms with E-state index < -0.39 is 0 Å². The van der Waals surface area contributed by atoms with Gasteiger partial charge in [0.05, 0.1) is 18.6 Å². The summed E-state index contributed by atoms with van der Waals surface area (Å²) < 4.78 is 18.8. The number of hydrogen-bond acceptors (Lipinski definition) is 5. The molecule has 6 nitrogen and oxygen atoms in total. The molecule has 0 atom stereocenters. The molecule has 0 spiro atoms. The minimum Gasteiger partial charge on any atom is -0.497 e. The maximum Gasteiger partial charge on any atom is 0.314 e. The van der Waals surface area contributed by atoms with Crippen LogP contribution in [0.5, 0.6) is 17.2 Å². The summed E-state index contributed by atoms with van der Waals surface area (Å²) in [6, 6.07) is 9.15. The van der Waals surface area contributed by atoms with E-state index in [0.717, 1.165) is 35.1 Å². The van der Waals surface area contributed by atoms with Crippen molar-refractivity contribution in [1.82, 2.24) is 4.57 Å². The van der Waals surface area contributed by atoms with Crippen molar-refractivity contribution < 1.29 is 23.8 Å². The summed E-state index contributed by atoms with van der Waals surface area (Å²) in [5, 5.41) is 0.965. The molecule has 1 saturated carbocycles. The van der Waals surface area contributed by atoms with Crippen LogP contribution in [-0.4, -0.2) is 23.4 Å². The highest BCUT2D eigenvalue weighted by molar-refractivity contribution is 6.15. The Balaban J connectivity index is 1.51. The van der Waals surface area contributed by atoms with Crippen molar-refractivity contribution in [2.45, 2.75) is 19.8 Å². The Morgan fingerprint density at radius 1 is 1.23 bits per heavy atom. The van der Waals surface area contributed by atoms with E-state index in [-0.39, 0.29) is 23.4 Å². The van der Waals surface area contributed by atoms with Gasteiger partial charge >= 0.3 is 5.97 Å². The van der Waals surface area contributed by atoms with Crippen LogP contribution in [0.25, 0.3) is 17.0 Å². The lowest BCUT2D eigenvalue weighted by Crippen LogP contribution is -2.10. The fourth-order valence-electron chi connectivity index (χ4n) is 3.77. The number of rotatable bonds is 4. The van der Waals surface area contributed by atoms with Crippen LogP contribution in [0, 0.1) is 12.8 Å². The van der Waals surface area contributed by atoms with E-state index in [4.69, 9.17) is 14.2 Å². The number of fused-ring (bicyclic) bond motifs is 2. The zero-order chi connectivity index (χ0) is 21.0. The van der Waals surface area contributed by atoms with Crippen molar-refractivity contribution in [3.8, 4) is 17.2 Å². The van der Waals surface area contributed by atoms with Crippen LogP contribution in [0.2, 0.25) is 0 Å². The maximum absolute atomic E-state index is 12.9. The van der Waals surface area contributed by atoms with Gasteiger partial charge in [0.2, 0.25) is 5.78 Å². The minimum absolute atomic E-state index is 0.000912. The lowest BCUT2D eigenvalue weighted by Gasteiger charge is -2.09. The quantitative estimate of drug-likeness (QED) is 0.366. The fraction of sp³-hybridized carbons (Fsp3) is 0.250. The lowest BCUT2D eigenvalue weighted by atomic mass is 10.1. The third kappa shape index (κ3) is 2.96. The minimum atomic E-state index is -0.220. The number of allylic oxidation sites excluding steroid dienone is 1. The number of ether oxygens (including phenoxy) is 3. The van der Waals surface area contributed by atoms with Crippen LogP contribution in [0.3, 0.4) is 0 Å². The molecule has 3 aromatic rings. The first-order valence-corrected chi connectivity index (χ1v) is 9.89. The number of methoxy groups -OCH3 is 1. The summed E-state index contributed by atoms with van der Waals surface area (Å²) in [5.41, 5.74) is 3.01. The average molecular weight is 403 g/mol. The topological polar surface area (TPSA) is 66.8 Å². The summed E-state index contributed by atoms with van der Waals surface area (Å²) in [7, 11) is 3.58. The molecule has 0 radical (unpaired) electrons. The number of aromatic nitrogens is 1. The monoisotopic (exact) mass is 403 g/mol. The molecule has 1 aromatic heterocycles. The highest BCUT2D eigenvalue weighted by atomic mass is 16.5. The second-order valence-electron chi connectivity index (χ2n) is 7.78. The Morgan fingerprint density at radius 2 is 2.03 bits per heavy atom. The number of ketones is 1. The van der Waals surface area contributed by atoms with Crippen LogP contribution < -0.4 is 14.2 Å². The van der Waals surface area contributed by atoms with Gasteiger partial charge < -0.3 is 18.8 Å². The Morgan fingerprint density at radius 3 is 2.77 bits per heavy atom. The van der Waals surface area contributed by atoms with Gasteiger partial charge in [-0.15, -0.1) is 0 Å². The van der Waals surface area contributed by atoms with Crippen molar-refractivity contribution >= 4 is 28.7 Å². The van der Waals surface area contributed by atoms with Gasteiger partial charge in [-0.3, -0.25) is 9.59 Å². The molecule has 0 amide bonds. The Hall–Kier alpha value is -3.54. The Labute approximate surface area is 173 Å². The van der Waals surface area contributed by atoms with Gasteiger partial charge in [0, 0.05) is 35.3 Å². The third-order valence-electron chi connectivity index (χ3n) is 5.67. The molecular formula is C24H21NO5. The van der Waals surface area contributed by atoms with Gasteiger partial charge in [0.1, 0.15) is 17.2 Å². The molecule has 5 rings (SSSR count). The van der Waals surface area contributed by atoms with Crippen molar-refractivity contribution in [2.75, 3.05) is 7.11 Å². The summed E-state index contributed by atoms with van der Waals surface area (Å²) in [4.78, 5) is 25.0. The number of benzene rings is 2. The largest absolute Gasteiger partial charge is 0.497 e. The van der Waals surface area contributed by atoms with E-state index in [2.05, 4.69) is 0 Å². The molecule has 0 unspecified atom stereocenters. The third-order valence-corrected chi connectivity index (χ3v) is 5.67. The van der Waals surface area contributed by atoms with Gasteiger partial charge in [-0.1, -0.05) is 0 Å². The van der Waals surface area contributed by atoms with Gasteiger partial charge in [0.15, 0.2) is 5.76 Å². The van der Waals surface area contributed by atoms with E-state index in [1.807, 2.05) is 36.0 Å².